The predicted octanol–water partition coefficient (Wildman–Crippen LogP) is 2.38. The molecule has 2 fully saturated rings. The number of piperazine rings is 1. The van der Waals surface area contributed by atoms with Crippen molar-refractivity contribution < 1.29 is 9.59 Å². The summed E-state index contributed by atoms with van der Waals surface area (Å²) in [4.78, 5) is 28.2. The fourth-order valence-corrected chi connectivity index (χ4v) is 3.45. The van der Waals surface area contributed by atoms with E-state index in [1.54, 1.807) is 15.9 Å². The highest BCUT2D eigenvalue weighted by atomic mass is 35.5. The van der Waals surface area contributed by atoms with Gasteiger partial charge in [-0.25, -0.2) is 0 Å². The highest BCUT2D eigenvalue weighted by molar-refractivity contribution is 6.34. The molecule has 0 aromatic heterocycles. The third kappa shape index (κ3) is 2.08. The average Bonchev–Trinajstić information content (AvgIpc) is 2.44. The van der Waals surface area contributed by atoms with Crippen LogP contribution in [0.25, 0.3) is 0 Å². The summed E-state index contributed by atoms with van der Waals surface area (Å²) < 4.78 is 0. The zero-order chi connectivity index (χ0) is 14.3. The molecule has 2 saturated heterocycles. The first-order valence-corrected chi connectivity index (χ1v) is 7.33. The minimum absolute atomic E-state index is 0.000463. The minimum atomic E-state index is -0.305. The molecule has 5 heteroatoms. The van der Waals surface area contributed by atoms with E-state index >= 15 is 0 Å². The van der Waals surface area contributed by atoms with Gasteiger partial charge in [0, 0.05) is 6.54 Å². The van der Waals surface area contributed by atoms with Crippen LogP contribution in [0.4, 0.5) is 5.69 Å². The molecule has 0 radical (unpaired) electrons. The highest BCUT2D eigenvalue weighted by Crippen LogP contribution is 2.33. The first-order valence-electron chi connectivity index (χ1n) is 6.95. The van der Waals surface area contributed by atoms with Crippen LogP contribution >= 0.6 is 11.6 Å². The molecule has 106 valence electrons. The molecule has 0 spiro atoms. The fourth-order valence-electron chi connectivity index (χ4n) is 3.12. The number of benzene rings is 1. The lowest BCUT2D eigenvalue weighted by molar-refractivity contribution is -0.144. The summed E-state index contributed by atoms with van der Waals surface area (Å²) >= 11 is 6.23. The Morgan fingerprint density at radius 2 is 2.05 bits per heavy atom. The molecule has 1 aromatic rings. The van der Waals surface area contributed by atoms with Crippen LogP contribution < -0.4 is 4.90 Å². The van der Waals surface area contributed by atoms with Gasteiger partial charge in [0.1, 0.15) is 12.6 Å². The number of rotatable bonds is 1. The number of para-hydroxylation sites is 1. The highest BCUT2D eigenvalue weighted by Gasteiger charge is 2.41. The number of carbonyl (C=O) groups is 2. The predicted molar refractivity (Wildman–Crippen MR) is 77.9 cm³/mol. The second-order valence-electron chi connectivity index (χ2n) is 5.43. The lowest BCUT2D eigenvalue weighted by Crippen LogP contribution is -2.61. The van der Waals surface area contributed by atoms with Gasteiger partial charge in [0.15, 0.2) is 0 Å². The number of piperidine rings is 1. The molecule has 4 nitrogen and oxygen atoms in total. The van der Waals surface area contributed by atoms with Gasteiger partial charge >= 0.3 is 0 Å². The van der Waals surface area contributed by atoms with Crippen LogP contribution in [-0.4, -0.2) is 35.8 Å². The summed E-state index contributed by atoms with van der Waals surface area (Å²) in [7, 11) is 0. The Kier molecular flexibility index (Phi) is 3.42. The van der Waals surface area contributed by atoms with E-state index in [0.29, 0.717) is 17.3 Å². The Balaban J connectivity index is 1.98. The monoisotopic (exact) mass is 292 g/mol. The van der Waals surface area contributed by atoms with Gasteiger partial charge in [-0.1, -0.05) is 23.7 Å². The maximum atomic E-state index is 12.7. The van der Waals surface area contributed by atoms with Gasteiger partial charge in [0.25, 0.3) is 0 Å². The summed E-state index contributed by atoms with van der Waals surface area (Å²) in [5.74, 6) is 0.0223. The molecule has 0 bridgehead atoms. The normalized spacial score (nSPS) is 23.0. The van der Waals surface area contributed by atoms with Gasteiger partial charge in [0.2, 0.25) is 11.8 Å². The largest absolute Gasteiger partial charge is 0.329 e. The van der Waals surface area contributed by atoms with Crippen molar-refractivity contribution in [3.05, 3.63) is 28.8 Å². The number of fused-ring (bicyclic) bond motifs is 1. The fraction of sp³-hybridized carbons (Fsp3) is 0.467. The van der Waals surface area contributed by atoms with E-state index in [2.05, 4.69) is 0 Å². The molecule has 1 aromatic carbocycles. The number of anilines is 1. The summed E-state index contributed by atoms with van der Waals surface area (Å²) in [6.45, 7) is 2.71. The molecule has 2 amide bonds. The van der Waals surface area contributed by atoms with E-state index in [4.69, 9.17) is 11.6 Å². The zero-order valence-corrected chi connectivity index (χ0v) is 12.2. The maximum absolute atomic E-state index is 12.7. The molecule has 1 atom stereocenters. The van der Waals surface area contributed by atoms with E-state index in [1.165, 1.54) is 0 Å². The second-order valence-corrected chi connectivity index (χ2v) is 5.84. The van der Waals surface area contributed by atoms with Crippen molar-refractivity contribution in [2.45, 2.75) is 32.2 Å². The van der Waals surface area contributed by atoms with Gasteiger partial charge in [-0.3, -0.25) is 14.5 Å². The number of amides is 2. The van der Waals surface area contributed by atoms with Crippen LogP contribution in [0.2, 0.25) is 5.02 Å². The van der Waals surface area contributed by atoms with Gasteiger partial charge < -0.3 is 4.90 Å². The Morgan fingerprint density at radius 1 is 1.25 bits per heavy atom. The van der Waals surface area contributed by atoms with Gasteiger partial charge in [0.05, 0.1) is 10.7 Å². The quantitative estimate of drug-likeness (QED) is 0.797. The van der Waals surface area contributed by atoms with Crippen molar-refractivity contribution >= 4 is 29.1 Å². The van der Waals surface area contributed by atoms with Crippen molar-refractivity contribution in [2.24, 2.45) is 0 Å². The van der Waals surface area contributed by atoms with Crippen molar-refractivity contribution in [1.82, 2.24) is 4.90 Å². The standard InChI is InChI=1S/C15H17ClN2O2/c1-10-5-4-6-11(16)14(10)18-9-13(19)17-8-3-2-7-12(17)15(18)20/h4-6,12H,2-3,7-9H2,1H3. The first kappa shape index (κ1) is 13.4. The molecule has 0 N–H and O–H groups in total. The molecular formula is C15H17ClN2O2. The molecule has 2 aliphatic heterocycles. The first-order chi connectivity index (χ1) is 9.59. The molecule has 0 aliphatic carbocycles. The van der Waals surface area contributed by atoms with Crippen LogP contribution in [-0.2, 0) is 9.59 Å². The molecule has 2 aliphatic rings. The average molecular weight is 293 g/mol. The Bertz CT molecular complexity index is 553. The number of aryl methyl sites for hydroxylation is 1. The second kappa shape index (κ2) is 5.09. The Labute approximate surface area is 123 Å². The summed E-state index contributed by atoms with van der Waals surface area (Å²) in [6.07, 6.45) is 2.74. The molecule has 2 heterocycles. The number of hydrogen-bond donors (Lipinski definition) is 0. The molecule has 0 saturated carbocycles. The Hall–Kier alpha value is -1.55. The molecule has 1 unspecified atom stereocenters. The summed E-state index contributed by atoms with van der Waals surface area (Å²) in [5.41, 5.74) is 1.60. The third-order valence-corrected chi connectivity index (χ3v) is 4.43. The van der Waals surface area contributed by atoms with E-state index in [0.717, 1.165) is 24.8 Å². The zero-order valence-electron chi connectivity index (χ0n) is 11.4. The summed E-state index contributed by atoms with van der Waals surface area (Å²) in [6, 6.07) is 5.21. The third-order valence-electron chi connectivity index (χ3n) is 4.13. The molecular weight excluding hydrogens is 276 g/mol. The lowest BCUT2D eigenvalue weighted by atomic mass is 9.97. The van der Waals surface area contributed by atoms with Crippen molar-refractivity contribution in [2.75, 3.05) is 18.0 Å². The minimum Gasteiger partial charge on any atom is -0.329 e. The topological polar surface area (TPSA) is 40.6 Å². The summed E-state index contributed by atoms with van der Waals surface area (Å²) in [5, 5.41) is 0.524. The van der Waals surface area contributed by atoms with Crippen molar-refractivity contribution in [3.8, 4) is 0 Å². The Morgan fingerprint density at radius 3 is 2.80 bits per heavy atom. The van der Waals surface area contributed by atoms with E-state index < -0.39 is 0 Å². The molecule has 3 rings (SSSR count). The lowest BCUT2D eigenvalue weighted by Gasteiger charge is -2.43. The van der Waals surface area contributed by atoms with Gasteiger partial charge in [-0.05, 0) is 37.8 Å². The van der Waals surface area contributed by atoms with E-state index in [9.17, 15) is 9.59 Å². The van der Waals surface area contributed by atoms with Crippen LogP contribution in [0.15, 0.2) is 18.2 Å². The molecule has 20 heavy (non-hydrogen) atoms. The van der Waals surface area contributed by atoms with Gasteiger partial charge in [-0.15, -0.1) is 0 Å². The number of hydrogen-bond acceptors (Lipinski definition) is 2. The van der Waals surface area contributed by atoms with Crippen LogP contribution in [0.5, 0.6) is 0 Å². The number of carbonyl (C=O) groups excluding carboxylic acids is 2. The number of halogens is 1. The van der Waals surface area contributed by atoms with Gasteiger partial charge in [-0.2, -0.15) is 0 Å². The van der Waals surface area contributed by atoms with Crippen LogP contribution in [0.1, 0.15) is 24.8 Å². The maximum Gasteiger partial charge on any atom is 0.250 e. The smallest absolute Gasteiger partial charge is 0.250 e. The van der Waals surface area contributed by atoms with E-state index in [-0.39, 0.29) is 24.4 Å². The van der Waals surface area contributed by atoms with E-state index in [1.807, 2.05) is 19.1 Å². The van der Waals surface area contributed by atoms with Crippen molar-refractivity contribution in [3.63, 3.8) is 0 Å². The van der Waals surface area contributed by atoms with Crippen molar-refractivity contribution in [1.29, 1.82) is 0 Å². The number of nitrogens with zero attached hydrogens (tertiary/aromatic N) is 2. The van der Waals surface area contributed by atoms with Crippen LogP contribution in [0.3, 0.4) is 0 Å². The van der Waals surface area contributed by atoms with Crippen LogP contribution in [0, 0.1) is 6.92 Å². The SMILES string of the molecule is Cc1cccc(Cl)c1N1CC(=O)N2CCCCC2C1=O.